The summed E-state index contributed by atoms with van der Waals surface area (Å²) in [4.78, 5) is 14.0. The van der Waals surface area contributed by atoms with Gasteiger partial charge in [-0.3, -0.25) is 4.79 Å². The Labute approximate surface area is 124 Å². The SMILES string of the molecule is CCN(C(=O)CNc1ccc(Cl)cc1)c1ccccc1. The molecule has 0 saturated heterocycles. The molecule has 0 saturated carbocycles. The second-order valence-electron chi connectivity index (χ2n) is 4.33. The lowest BCUT2D eigenvalue weighted by Crippen LogP contribution is -2.35. The smallest absolute Gasteiger partial charge is 0.246 e. The number of halogens is 1. The minimum atomic E-state index is 0.0358. The molecular formula is C16H17ClN2O. The molecule has 0 heterocycles. The fraction of sp³-hybridized carbons (Fsp3) is 0.188. The number of hydrogen-bond donors (Lipinski definition) is 1. The first-order valence-electron chi connectivity index (χ1n) is 6.55. The molecule has 0 aliphatic rings. The van der Waals surface area contributed by atoms with Crippen LogP contribution in [0.2, 0.25) is 5.02 Å². The maximum atomic E-state index is 12.3. The number of nitrogens with zero attached hydrogens (tertiary/aromatic N) is 1. The van der Waals surface area contributed by atoms with E-state index < -0.39 is 0 Å². The third-order valence-electron chi connectivity index (χ3n) is 2.97. The predicted octanol–water partition coefficient (Wildman–Crippen LogP) is 3.81. The second kappa shape index (κ2) is 6.96. The number of carbonyl (C=O) groups excluding carboxylic acids is 1. The van der Waals surface area contributed by atoms with Gasteiger partial charge in [0.1, 0.15) is 0 Å². The number of hydrogen-bond acceptors (Lipinski definition) is 2. The van der Waals surface area contributed by atoms with Gasteiger partial charge in [-0.25, -0.2) is 0 Å². The Kier molecular flexibility index (Phi) is 5.02. The number of benzene rings is 2. The molecule has 0 aromatic heterocycles. The van der Waals surface area contributed by atoms with Crippen molar-refractivity contribution in [1.29, 1.82) is 0 Å². The molecule has 0 aliphatic heterocycles. The summed E-state index contributed by atoms with van der Waals surface area (Å²) in [5, 5.41) is 3.79. The number of amides is 1. The molecular weight excluding hydrogens is 272 g/mol. The highest BCUT2D eigenvalue weighted by Gasteiger charge is 2.12. The summed E-state index contributed by atoms with van der Waals surface area (Å²) >= 11 is 5.82. The van der Waals surface area contributed by atoms with Crippen molar-refractivity contribution < 1.29 is 4.79 Å². The van der Waals surface area contributed by atoms with Gasteiger partial charge in [0, 0.05) is 22.9 Å². The Balaban J connectivity index is 1.98. The van der Waals surface area contributed by atoms with Crippen molar-refractivity contribution in [3.63, 3.8) is 0 Å². The van der Waals surface area contributed by atoms with Crippen molar-refractivity contribution in [2.45, 2.75) is 6.92 Å². The van der Waals surface area contributed by atoms with Crippen LogP contribution in [0.1, 0.15) is 6.92 Å². The van der Waals surface area contributed by atoms with E-state index in [1.807, 2.05) is 49.4 Å². The molecule has 0 aliphatic carbocycles. The topological polar surface area (TPSA) is 32.3 Å². The molecule has 104 valence electrons. The summed E-state index contributed by atoms with van der Waals surface area (Å²) in [5.41, 5.74) is 1.80. The first-order chi connectivity index (χ1) is 9.70. The van der Waals surface area contributed by atoms with Gasteiger partial charge in [-0.05, 0) is 43.3 Å². The van der Waals surface area contributed by atoms with Gasteiger partial charge in [-0.2, -0.15) is 0 Å². The van der Waals surface area contributed by atoms with Crippen LogP contribution in [-0.4, -0.2) is 19.0 Å². The monoisotopic (exact) mass is 288 g/mol. The number of likely N-dealkylation sites (N-methyl/N-ethyl adjacent to an activating group) is 1. The molecule has 1 amide bonds. The van der Waals surface area contributed by atoms with Gasteiger partial charge in [0.05, 0.1) is 6.54 Å². The highest BCUT2D eigenvalue weighted by molar-refractivity contribution is 6.30. The van der Waals surface area contributed by atoms with Gasteiger partial charge in [0.2, 0.25) is 5.91 Å². The largest absolute Gasteiger partial charge is 0.376 e. The summed E-state index contributed by atoms with van der Waals surface area (Å²) in [6, 6.07) is 17.0. The number of anilines is 2. The van der Waals surface area contributed by atoms with Gasteiger partial charge in [0.25, 0.3) is 0 Å². The fourth-order valence-electron chi connectivity index (χ4n) is 1.95. The summed E-state index contributed by atoms with van der Waals surface area (Å²) in [5.74, 6) is 0.0358. The van der Waals surface area contributed by atoms with E-state index in [1.54, 1.807) is 17.0 Å². The second-order valence-corrected chi connectivity index (χ2v) is 4.77. The number of nitrogens with one attached hydrogen (secondary N) is 1. The Morgan fingerprint density at radius 3 is 2.35 bits per heavy atom. The van der Waals surface area contributed by atoms with Gasteiger partial charge in [-0.1, -0.05) is 29.8 Å². The fourth-order valence-corrected chi connectivity index (χ4v) is 2.08. The molecule has 0 atom stereocenters. The molecule has 0 spiro atoms. The van der Waals surface area contributed by atoms with Crippen molar-refractivity contribution in [2.75, 3.05) is 23.3 Å². The maximum Gasteiger partial charge on any atom is 0.246 e. The molecule has 2 aromatic rings. The summed E-state index contributed by atoms with van der Waals surface area (Å²) < 4.78 is 0. The average Bonchev–Trinajstić information content (AvgIpc) is 2.48. The lowest BCUT2D eigenvalue weighted by molar-refractivity contribution is -0.116. The van der Waals surface area contributed by atoms with Crippen molar-refractivity contribution in [3.8, 4) is 0 Å². The molecule has 2 rings (SSSR count). The summed E-state index contributed by atoms with van der Waals surface area (Å²) in [7, 11) is 0. The minimum Gasteiger partial charge on any atom is -0.376 e. The highest BCUT2D eigenvalue weighted by atomic mass is 35.5. The van der Waals surface area contributed by atoms with Gasteiger partial charge < -0.3 is 10.2 Å². The van der Waals surface area contributed by atoms with Crippen molar-refractivity contribution in [1.82, 2.24) is 0 Å². The zero-order chi connectivity index (χ0) is 14.4. The predicted molar refractivity (Wildman–Crippen MR) is 84.4 cm³/mol. The van der Waals surface area contributed by atoms with E-state index in [0.29, 0.717) is 11.6 Å². The Hall–Kier alpha value is -2.00. The van der Waals surface area contributed by atoms with E-state index in [0.717, 1.165) is 11.4 Å². The molecule has 0 fully saturated rings. The van der Waals surface area contributed by atoms with Crippen LogP contribution >= 0.6 is 11.6 Å². The molecule has 0 radical (unpaired) electrons. The van der Waals surface area contributed by atoms with Crippen LogP contribution in [-0.2, 0) is 4.79 Å². The lowest BCUT2D eigenvalue weighted by Gasteiger charge is -2.21. The molecule has 0 bridgehead atoms. The summed E-state index contributed by atoms with van der Waals surface area (Å²) in [6.07, 6.45) is 0. The third kappa shape index (κ3) is 3.75. The third-order valence-corrected chi connectivity index (χ3v) is 3.23. The first kappa shape index (κ1) is 14.4. The van der Waals surface area contributed by atoms with Gasteiger partial charge in [-0.15, -0.1) is 0 Å². The lowest BCUT2D eigenvalue weighted by atomic mass is 10.2. The summed E-state index contributed by atoms with van der Waals surface area (Å²) in [6.45, 7) is 2.86. The van der Waals surface area contributed by atoms with E-state index in [-0.39, 0.29) is 12.5 Å². The zero-order valence-corrected chi connectivity index (χ0v) is 12.1. The van der Waals surface area contributed by atoms with Crippen LogP contribution in [0.4, 0.5) is 11.4 Å². The molecule has 4 heteroatoms. The van der Waals surface area contributed by atoms with Crippen LogP contribution in [0, 0.1) is 0 Å². The van der Waals surface area contributed by atoms with Gasteiger partial charge in [0.15, 0.2) is 0 Å². The average molecular weight is 289 g/mol. The van der Waals surface area contributed by atoms with E-state index in [1.165, 1.54) is 0 Å². The van der Waals surface area contributed by atoms with Crippen molar-refractivity contribution >= 4 is 28.9 Å². The van der Waals surface area contributed by atoms with Crippen LogP contribution in [0.3, 0.4) is 0 Å². The van der Waals surface area contributed by atoms with Crippen molar-refractivity contribution in [2.24, 2.45) is 0 Å². The Bertz CT molecular complexity index is 554. The standard InChI is InChI=1S/C16H17ClN2O/c1-2-19(15-6-4-3-5-7-15)16(20)12-18-14-10-8-13(17)9-11-14/h3-11,18H,2,12H2,1H3. The van der Waals surface area contributed by atoms with Crippen LogP contribution in [0.15, 0.2) is 54.6 Å². The zero-order valence-electron chi connectivity index (χ0n) is 11.3. The molecule has 0 unspecified atom stereocenters. The van der Waals surface area contributed by atoms with Crippen LogP contribution < -0.4 is 10.2 Å². The van der Waals surface area contributed by atoms with Gasteiger partial charge >= 0.3 is 0 Å². The van der Waals surface area contributed by atoms with Crippen LogP contribution in [0.25, 0.3) is 0 Å². The van der Waals surface area contributed by atoms with Crippen LogP contribution in [0.5, 0.6) is 0 Å². The highest BCUT2D eigenvalue weighted by Crippen LogP contribution is 2.15. The number of carbonyl (C=O) groups is 1. The van der Waals surface area contributed by atoms with E-state index in [4.69, 9.17) is 11.6 Å². The number of para-hydroxylation sites is 1. The van der Waals surface area contributed by atoms with Crippen molar-refractivity contribution in [3.05, 3.63) is 59.6 Å². The Morgan fingerprint density at radius 1 is 1.10 bits per heavy atom. The Morgan fingerprint density at radius 2 is 1.75 bits per heavy atom. The van der Waals surface area contributed by atoms with E-state index >= 15 is 0 Å². The van der Waals surface area contributed by atoms with E-state index in [2.05, 4.69) is 5.32 Å². The maximum absolute atomic E-state index is 12.3. The molecule has 3 nitrogen and oxygen atoms in total. The van der Waals surface area contributed by atoms with E-state index in [9.17, 15) is 4.79 Å². The quantitative estimate of drug-likeness (QED) is 0.907. The molecule has 20 heavy (non-hydrogen) atoms. The minimum absolute atomic E-state index is 0.0358. The molecule has 2 aromatic carbocycles. The normalized spacial score (nSPS) is 10.1. The molecule has 1 N–H and O–H groups in total. The number of rotatable bonds is 5. The first-order valence-corrected chi connectivity index (χ1v) is 6.93.